The summed E-state index contributed by atoms with van der Waals surface area (Å²) in [6, 6.07) is 15.7. The summed E-state index contributed by atoms with van der Waals surface area (Å²) >= 11 is 0. The van der Waals surface area contributed by atoms with Crippen molar-refractivity contribution in [1.82, 2.24) is 30.1 Å². The van der Waals surface area contributed by atoms with Gasteiger partial charge in [-0.05, 0) is 83.8 Å². The van der Waals surface area contributed by atoms with Crippen molar-refractivity contribution in [2.75, 3.05) is 6.79 Å². The minimum Gasteiger partial charge on any atom is -0.467 e. The van der Waals surface area contributed by atoms with Gasteiger partial charge in [0, 0.05) is 29.6 Å². The number of rotatable bonds is 9. The van der Waals surface area contributed by atoms with Gasteiger partial charge in [-0.3, -0.25) is 9.69 Å². The molecule has 39 heavy (non-hydrogen) atoms. The third-order valence-corrected chi connectivity index (χ3v) is 7.16. The van der Waals surface area contributed by atoms with E-state index < -0.39 is 0 Å². The molecule has 2 aromatic carbocycles. The zero-order chi connectivity index (χ0) is 26.9. The molecule has 5 aromatic rings. The Morgan fingerprint density at radius 2 is 1.95 bits per heavy atom. The van der Waals surface area contributed by atoms with Gasteiger partial charge >= 0.3 is 0 Å². The van der Waals surface area contributed by atoms with Crippen LogP contribution in [-0.2, 0) is 19.6 Å². The van der Waals surface area contributed by atoms with Gasteiger partial charge in [-0.1, -0.05) is 19.1 Å². The molecule has 0 fully saturated rings. The number of pyridine rings is 1. The van der Waals surface area contributed by atoms with E-state index in [4.69, 9.17) is 13.9 Å². The molecular formula is C29H30N6O4. The van der Waals surface area contributed by atoms with Crippen molar-refractivity contribution >= 4 is 10.9 Å². The van der Waals surface area contributed by atoms with E-state index in [1.165, 1.54) is 0 Å². The van der Waals surface area contributed by atoms with E-state index in [-0.39, 0.29) is 18.4 Å². The Labute approximate surface area is 225 Å². The fraction of sp³-hybridized carbons (Fsp3) is 0.310. The molecule has 0 saturated carbocycles. The number of furan rings is 1. The number of hydrogen-bond donors (Lipinski definition) is 1. The van der Waals surface area contributed by atoms with Crippen LogP contribution in [0.2, 0.25) is 0 Å². The van der Waals surface area contributed by atoms with Gasteiger partial charge in [0.05, 0.1) is 12.3 Å². The average Bonchev–Trinajstić information content (AvgIpc) is 3.68. The number of hydrogen-bond acceptors (Lipinski definition) is 8. The molecule has 1 aliphatic rings. The van der Waals surface area contributed by atoms with Gasteiger partial charge in [-0.15, -0.1) is 5.10 Å². The number of aromatic nitrogens is 5. The molecule has 1 aliphatic heterocycles. The number of aryl methyl sites for hydroxylation is 2. The Morgan fingerprint density at radius 1 is 1.08 bits per heavy atom. The molecule has 6 rings (SSSR count). The Morgan fingerprint density at radius 3 is 2.77 bits per heavy atom. The van der Waals surface area contributed by atoms with Crippen LogP contribution in [0, 0.1) is 13.8 Å². The molecule has 0 saturated heterocycles. The lowest BCUT2D eigenvalue weighted by molar-refractivity contribution is 0.160. The SMILES string of the molecule is CCC(c1nnnn1Cc1ccco1)N(Cc1ccc2c(c1)OCO2)Cc1cc2c(C)cc(C)cc2[nH]c1=O. The summed E-state index contributed by atoms with van der Waals surface area (Å²) < 4.78 is 18.4. The fourth-order valence-electron chi connectivity index (χ4n) is 5.32. The fourth-order valence-corrected chi connectivity index (χ4v) is 5.32. The van der Waals surface area contributed by atoms with Crippen molar-refractivity contribution in [1.29, 1.82) is 0 Å². The van der Waals surface area contributed by atoms with Gasteiger partial charge in [-0.25, -0.2) is 4.68 Å². The maximum Gasteiger partial charge on any atom is 0.252 e. The van der Waals surface area contributed by atoms with Crippen LogP contribution in [0.1, 0.15) is 53.2 Å². The number of benzene rings is 2. The number of ether oxygens (including phenoxy) is 2. The lowest BCUT2D eigenvalue weighted by atomic mass is 10.0. The first kappa shape index (κ1) is 24.9. The molecule has 0 aliphatic carbocycles. The molecule has 0 amide bonds. The van der Waals surface area contributed by atoms with Gasteiger partial charge in [0.25, 0.3) is 5.56 Å². The molecule has 10 nitrogen and oxygen atoms in total. The molecule has 10 heteroatoms. The molecule has 200 valence electrons. The standard InChI is InChI=1S/C29H30N6O4/c1-4-25(28-31-32-33-35(28)16-22-6-5-9-37-22)34(14-20-7-8-26-27(12-20)39-17-38-26)15-21-13-23-19(3)10-18(2)11-24(23)30-29(21)36/h5-13,25H,4,14-17H2,1-3H3,(H,30,36). The highest BCUT2D eigenvalue weighted by Crippen LogP contribution is 2.34. The van der Waals surface area contributed by atoms with Crippen molar-refractivity contribution < 1.29 is 13.9 Å². The molecule has 0 bridgehead atoms. The zero-order valence-corrected chi connectivity index (χ0v) is 22.2. The van der Waals surface area contributed by atoms with E-state index >= 15 is 0 Å². The van der Waals surface area contributed by atoms with Gasteiger partial charge in [0.1, 0.15) is 12.3 Å². The summed E-state index contributed by atoms with van der Waals surface area (Å²) in [5.41, 5.74) is 4.69. The highest BCUT2D eigenvalue weighted by molar-refractivity contribution is 5.83. The van der Waals surface area contributed by atoms with E-state index in [0.29, 0.717) is 31.0 Å². The van der Waals surface area contributed by atoms with E-state index in [9.17, 15) is 4.79 Å². The maximum atomic E-state index is 13.3. The number of H-pyrrole nitrogens is 1. The lowest BCUT2D eigenvalue weighted by Gasteiger charge is -2.30. The quantitative estimate of drug-likeness (QED) is 0.295. The molecular weight excluding hydrogens is 496 g/mol. The normalized spacial score (nSPS) is 13.4. The van der Waals surface area contributed by atoms with E-state index in [2.05, 4.69) is 45.3 Å². The summed E-state index contributed by atoms with van der Waals surface area (Å²) in [5, 5.41) is 13.7. The van der Waals surface area contributed by atoms with Crippen LogP contribution in [-0.4, -0.2) is 36.9 Å². The molecule has 0 spiro atoms. The summed E-state index contributed by atoms with van der Waals surface area (Å²) in [6.07, 6.45) is 2.37. The first-order chi connectivity index (χ1) is 19.0. The van der Waals surface area contributed by atoms with Crippen LogP contribution < -0.4 is 15.0 Å². The Balaban J connectivity index is 1.39. The highest BCUT2D eigenvalue weighted by Gasteiger charge is 2.27. The predicted molar refractivity (Wildman–Crippen MR) is 145 cm³/mol. The molecule has 3 aromatic heterocycles. The number of aromatic amines is 1. The molecule has 0 radical (unpaired) electrons. The summed E-state index contributed by atoms with van der Waals surface area (Å²) in [5.74, 6) is 2.92. The maximum absolute atomic E-state index is 13.3. The van der Waals surface area contributed by atoms with Gasteiger partial charge in [0.2, 0.25) is 6.79 Å². The van der Waals surface area contributed by atoms with Crippen LogP contribution in [0.15, 0.2) is 64.0 Å². The third kappa shape index (κ3) is 5.03. The summed E-state index contributed by atoms with van der Waals surface area (Å²) in [6.45, 7) is 7.78. The largest absolute Gasteiger partial charge is 0.467 e. The second-order valence-corrected chi connectivity index (χ2v) is 9.96. The number of fused-ring (bicyclic) bond motifs is 2. The van der Waals surface area contributed by atoms with Gasteiger partial charge in [-0.2, -0.15) is 0 Å². The van der Waals surface area contributed by atoms with Crippen LogP contribution in [0.5, 0.6) is 11.5 Å². The number of nitrogens with one attached hydrogen (secondary N) is 1. The monoisotopic (exact) mass is 526 g/mol. The number of nitrogens with zero attached hydrogens (tertiary/aromatic N) is 5. The van der Waals surface area contributed by atoms with E-state index in [1.54, 1.807) is 10.9 Å². The van der Waals surface area contributed by atoms with E-state index in [0.717, 1.165) is 51.3 Å². The first-order valence-electron chi connectivity index (χ1n) is 13.0. The average molecular weight is 527 g/mol. The van der Waals surface area contributed by atoms with Gasteiger partial charge < -0.3 is 18.9 Å². The van der Waals surface area contributed by atoms with Crippen molar-refractivity contribution in [2.24, 2.45) is 0 Å². The summed E-state index contributed by atoms with van der Waals surface area (Å²) in [4.78, 5) is 18.6. The molecule has 1 unspecified atom stereocenters. The van der Waals surface area contributed by atoms with Gasteiger partial charge in [0.15, 0.2) is 17.3 Å². The van der Waals surface area contributed by atoms with Crippen LogP contribution in [0.3, 0.4) is 0 Å². The predicted octanol–water partition coefficient (Wildman–Crippen LogP) is 4.65. The van der Waals surface area contributed by atoms with Crippen LogP contribution in [0.4, 0.5) is 0 Å². The second kappa shape index (κ2) is 10.4. The van der Waals surface area contributed by atoms with Crippen molar-refractivity contribution in [3.05, 3.63) is 99.0 Å². The topological polar surface area (TPSA) is 111 Å². The number of tetrazole rings is 1. The van der Waals surface area contributed by atoms with Crippen LogP contribution in [0.25, 0.3) is 10.9 Å². The molecule has 1 N–H and O–H groups in total. The summed E-state index contributed by atoms with van der Waals surface area (Å²) in [7, 11) is 0. The third-order valence-electron chi connectivity index (χ3n) is 7.16. The Kier molecular flexibility index (Phi) is 6.62. The lowest BCUT2D eigenvalue weighted by Crippen LogP contribution is -2.32. The van der Waals surface area contributed by atoms with Crippen LogP contribution >= 0.6 is 0 Å². The zero-order valence-electron chi connectivity index (χ0n) is 22.2. The van der Waals surface area contributed by atoms with Crippen molar-refractivity contribution in [2.45, 2.75) is 52.9 Å². The highest BCUT2D eigenvalue weighted by atomic mass is 16.7. The Hall–Kier alpha value is -4.44. The molecule has 1 atom stereocenters. The minimum absolute atomic E-state index is 0.104. The Bertz CT molecular complexity index is 1670. The first-order valence-corrected chi connectivity index (χ1v) is 13.0. The van der Waals surface area contributed by atoms with Crippen molar-refractivity contribution in [3.63, 3.8) is 0 Å². The second-order valence-electron chi connectivity index (χ2n) is 9.96. The van der Waals surface area contributed by atoms with Crippen molar-refractivity contribution in [3.8, 4) is 11.5 Å². The van der Waals surface area contributed by atoms with E-state index in [1.807, 2.05) is 49.4 Å². The molecule has 4 heterocycles. The smallest absolute Gasteiger partial charge is 0.252 e. The minimum atomic E-state index is -0.172.